The quantitative estimate of drug-likeness (QED) is 0.665. The van der Waals surface area contributed by atoms with Crippen molar-refractivity contribution < 1.29 is 5.11 Å². The summed E-state index contributed by atoms with van der Waals surface area (Å²) in [7, 11) is 4.03. The number of likely N-dealkylation sites (N-methyl/N-ethyl adjacent to an activating group) is 1. The van der Waals surface area contributed by atoms with Gasteiger partial charge in [0.1, 0.15) is 0 Å². The summed E-state index contributed by atoms with van der Waals surface area (Å²) in [6.45, 7) is 1.73. The standard InChI is InChI=1S/C9H18N4O/c1-12(2)3-4-13-7-11-5-9(13)8(10)6-14/h5,7-8,14H,3-4,6,10H2,1-2H3. The van der Waals surface area contributed by atoms with Gasteiger partial charge in [-0.25, -0.2) is 4.98 Å². The molecule has 0 aliphatic rings. The minimum absolute atomic E-state index is 0.0480. The van der Waals surface area contributed by atoms with Crippen LogP contribution in [0.2, 0.25) is 0 Å². The molecule has 80 valence electrons. The largest absolute Gasteiger partial charge is 0.394 e. The second-order valence-corrected chi connectivity index (χ2v) is 3.60. The van der Waals surface area contributed by atoms with Gasteiger partial charge in [0.25, 0.3) is 0 Å². The molecule has 1 heterocycles. The highest BCUT2D eigenvalue weighted by atomic mass is 16.3. The Morgan fingerprint density at radius 1 is 1.64 bits per heavy atom. The first-order chi connectivity index (χ1) is 6.65. The Kier molecular flexibility index (Phi) is 4.06. The Balaban J connectivity index is 2.62. The molecule has 0 spiro atoms. The fourth-order valence-electron chi connectivity index (χ4n) is 1.23. The van der Waals surface area contributed by atoms with Crippen LogP contribution in [0.25, 0.3) is 0 Å². The smallest absolute Gasteiger partial charge is 0.0949 e. The first-order valence-electron chi connectivity index (χ1n) is 4.66. The summed E-state index contributed by atoms with van der Waals surface area (Å²) in [5.74, 6) is 0. The molecule has 14 heavy (non-hydrogen) atoms. The molecule has 0 aliphatic carbocycles. The van der Waals surface area contributed by atoms with Gasteiger partial charge in [0.2, 0.25) is 0 Å². The van der Waals surface area contributed by atoms with Crippen molar-refractivity contribution in [1.82, 2.24) is 14.5 Å². The minimum Gasteiger partial charge on any atom is -0.394 e. The zero-order valence-electron chi connectivity index (χ0n) is 8.72. The normalized spacial score (nSPS) is 13.5. The number of hydrogen-bond donors (Lipinski definition) is 2. The molecule has 0 aromatic carbocycles. The summed E-state index contributed by atoms with van der Waals surface area (Å²) in [6, 6.07) is -0.334. The van der Waals surface area contributed by atoms with E-state index in [1.807, 2.05) is 18.7 Å². The first kappa shape index (κ1) is 11.2. The molecule has 5 nitrogen and oxygen atoms in total. The predicted octanol–water partition coefficient (Wildman–Crippen LogP) is -0.563. The van der Waals surface area contributed by atoms with Gasteiger partial charge in [-0.3, -0.25) is 0 Å². The third kappa shape index (κ3) is 2.80. The van der Waals surface area contributed by atoms with E-state index in [0.717, 1.165) is 18.8 Å². The van der Waals surface area contributed by atoms with Gasteiger partial charge in [0, 0.05) is 19.3 Å². The molecule has 1 aromatic heterocycles. The zero-order chi connectivity index (χ0) is 10.6. The van der Waals surface area contributed by atoms with Crippen molar-refractivity contribution in [2.75, 3.05) is 27.2 Å². The van der Waals surface area contributed by atoms with Crippen LogP contribution < -0.4 is 5.73 Å². The number of hydrogen-bond acceptors (Lipinski definition) is 4. The number of nitrogens with zero attached hydrogens (tertiary/aromatic N) is 3. The number of aliphatic hydroxyl groups excluding tert-OH is 1. The highest BCUT2D eigenvalue weighted by molar-refractivity contribution is 5.04. The SMILES string of the molecule is CN(C)CCn1cncc1C(N)CO. The highest BCUT2D eigenvalue weighted by Gasteiger charge is 2.09. The second kappa shape index (κ2) is 5.09. The summed E-state index contributed by atoms with van der Waals surface area (Å²) in [6.07, 6.45) is 3.45. The second-order valence-electron chi connectivity index (χ2n) is 3.60. The van der Waals surface area contributed by atoms with Crippen LogP contribution in [-0.4, -0.2) is 46.8 Å². The molecule has 0 radical (unpaired) electrons. The monoisotopic (exact) mass is 198 g/mol. The van der Waals surface area contributed by atoms with Gasteiger partial charge < -0.3 is 20.3 Å². The van der Waals surface area contributed by atoms with Gasteiger partial charge >= 0.3 is 0 Å². The average molecular weight is 198 g/mol. The Labute approximate surface area is 84.2 Å². The zero-order valence-corrected chi connectivity index (χ0v) is 8.72. The molecular weight excluding hydrogens is 180 g/mol. The molecule has 1 atom stereocenters. The fraction of sp³-hybridized carbons (Fsp3) is 0.667. The van der Waals surface area contributed by atoms with E-state index in [9.17, 15) is 0 Å². The number of aliphatic hydroxyl groups is 1. The third-order valence-electron chi connectivity index (χ3n) is 2.11. The first-order valence-corrected chi connectivity index (χ1v) is 4.66. The van der Waals surface area contributed by atoms with Crippen LogP contribution in [-0.2, 0) is 6.54 Å². The summed E-state index contributed by atoms with van der Waals surface area (Å²) in [4.78, 5) is 6.11. The molecule has 0 saturated heterocycles. The lowest BCUT2D eigenvalue weighted by Gasteiger charge is -2.14. The summed E-state index contributed by atoms with van der Waals surface area (Å²) in [5.41, 5.74) is 6.61. The van der Waals surface area contributed by atoms with Crippen molar-refractivity contribution in [3.8, 4) is 0 Å². The van der Waals surface area contributed by atoms with Crippen LogP contribution in [0.4, 0.5) is 0 Å². The summed E-state index contributed by atoms with van der Waals surface area (Å²) < 4.78 is 1.97. The average Bonchev–Trinajstić information content (AvgIpc) is 2.61. The van der Waals surface area contributed by atoms with Gasteiger partial charge in [0.15, 0.2) is 0 Å². The summed E-state index contributed by atoms with van der Waals surface area (Å²) >= 11 is 0. The maximum atomic E-state index is 8.93. The Hall–Kier alpha value is -0.910. The van der Waals surface area contributed by atoms with E-state index >= 15 is 0 Å². The lowest BCUT2D eigenvalue weighted by molar-refractivity contribution is 0.262. The van der Waals surface area contributed by atoms with Gasteiger partial charge in [0.05, 0.1) is 24.7 Å². The number of rotatable bonds is 5. The fourth-order valence-corrected chi connectivity index (χ4v) is 1.23. The molecule has 0 amide bonds. The number of imidazole rings is 1. The van der Waals surface area contributed by atoms with Crippen LogP contribution >= 0.6 is 0 Å². The predicted molar refractivity (Wildman–Crippen MR) is 54.8 cm³/mol. The molecule has 1 aromatic rings. The Morgan fingerprint density at radius 2 is 2.36 bits per heavy atom. The van der Waals surface area contributed by atoms with Gasteiger partial charge in [-0.05, 0) is 14.1 Å². The maximum absolute atomic E-state index is 8.93. The van der Waals surface area contributed by atoms with E-state index in [0.29, 0.717) is 0 Å². The van der Waals surface area contributed by atoms with Crippen molar-refractivity contribution in [2.24, 2.45) is 5.73 Å². The molecule has 0 saturated carbocycles. The topological polar surface area (TPSA) is 67.3 Å². The minimum atomic E-state index is -0.334. The molecule has 0 aliphatic heterocycles. The van der Waals surface area contributed by atoms with Gasteiger partial charge in [-0.15, -0.1) is 0 Å². The van der Waals surface area contributed by atoms with Crippen molar-refractivity contribution in [2.45, 2.75) is 12.6 Å². The highest BCUT2D eigenvalue weighted by Crippen LogP contribution is 2.08. The molecule has 1 unspecified atom stereocenters. The van der Waals surface area contributed by atoms with E-state index in [1.165, 1.54) is 0 Å². The molecule has 0 bridgehead atoms. The van der Waals surface area contributed by atoms with Crippen molar-refractivity contribution >= 4 is 0 Å². The van der Waals surface area contributed by atoms with Crippen molar-refractivity contribution in [3.05, 3.63) is 18.2 Å². The van der Waals surface area contributed by atoms with Crippen LogP contribution in [0, 0.1) is 0 Å². The third-order valence-corrected chi connectivity index (χ3v) is 2.11. The van der Waals surface area contributed by atoms with Crippen LogP contribution in [0.3, 0.4) is 0 Å². The molecule has 3 N–H and O–H groups in total. The Bertz CT molecular complexity index is 272. The number of aromatic nitrogens is 2. The van der Waals surface area contributed by atoms with Crippen molar-refractivity contribution in [1.29, 1.82) is 0 Å². The number of nitrogens with two attached hydrogens (primary N) is 1. The van der Waals surface area contributed by atoms with Gasteiger partial charge in [-0.2, -0.15) is 0 Å². The Morgan fingerprint density at radius 3 is 2.93 bits per heavy atom. The lowest BCUT2D eigenvalue weighted by atomic mass is 10.2. The van der Waals surface area contributed by atoms with Crippen molar-refractivity contribution in [3.63, 3.8) is 0 Å². The molecule has 5 heteroatoms. The van der Waals surface area contributed by atoms with E-state index in [-0.39, 0.29) is 12.6 Å². The lowest BCUT2D eigenvalue weighted by Crippen LogP contribution is -2.23. The molecule has 1 rings (SSSR count). The maximum Gasteiger partial charge on any atom is 0.0949 e. The van der Waals surface area contributed by atoms with Gasteiger partial charge in [-0.1, -0.05) is 0 Å². The molecule has 0 fully saturated rings. The van der Waals surface area contributed by atoms with Crippen LogP contribution in [0.15, 0.2) is 12.5 Å². The van der Waals surface area contributed by atoms with E-state index in [4.69, 9.17) is 10.8 Å². The van der Waals surface area contributed by atoms with Crippen LogP contribution in [0.1, 0.15) is 11.7 Å². The van der Waals surface area contributed by atoms with E-state index in [1.54, 1.807) is 12.5 Å². The molecular formula is C9H18N4O. The van der Waals surface area contributed by atoms with Crippen LogP contribution in [0.5, 0.6) is 0 Å². The van der Waals surface area contributed by atoms with E-state index in [2.05, 4.69) is 9.88 Å². The van der Waals surface area contributed by atoms with E-state index < -0.39 is 0 Å². The summed E-state index contributed by atoms with van der Waals surface area (Å²) in [5, 5.41) is 8.93.